The summed E-state index contributed by atoms with van der Waals surface area (Å²) in [5.41, 5.74) is 1.90. The Balaban J connectivity index is 2.33. The van der Waals surface area contributed by atoms with Crippen LogP contribution in [0.25, 0.3) is 0 Å². The number of carbonyl (C=O) groups excluding carboxylic acids is 2. The van der Waals surface area contributed by atoms with Gasteiger partial charge in [-0.1, -0.05) is 24.3 Å². The maximum Gasteiger partial charge on any atom is 0.407 e. The summed E-state index contributed by atoms with van der Waals surface area (Å²) in [6, 6.07) is 7.92. The fourth-order valence-corrected chi connectivity index (χ4v) is 1.88. The van der Waals surface area contributed by atoms with E-state index in [0.717, 1.165) is 11.1 Å². The number of rotatable bonds is 8. The molecule has 6 heteroatoms. The lowest BCUT2D eigenvalue weighted by Crippen LogP contribution is -2.30. The molecular formula is C18H28N2O4. The van der Waals surface area contributed by atoms with Gasteiger partial charge < -0.3 is 20.1 Å². The highest BCUT2D eigenvalue weighted by atomic mass is 16.5. The lowest BCUT2D eigenvalue weighted by Gasteiger charge is -2.19. The van der Waals surface area contributed by atoms with Crippen molar-refractivity contribution in [2.75, 3.05) is 13.2 Å². The number of carbonyl (C=O) groups is 2. The maximum absolute atomic E-state index is 11.8. The Morgan fingerprint density at radius 3 is 2.50 bits per heavy atom. The molecule has 24 heavy (non-hydrogen) atoms. The highest BCUT2D eigenvalue weighted by molar-refractivity contribution is 5.77. The van der Waals surface area contributed by atoms with E-state index in [9.17, 15) is 9.59 Å². The monoisotopic (exact) mass is 336 g/mol. The Morgan fingerprint density at radius 2 is 1.83 bits per heavy atom. The summed E-state index contributed by atoms with van der Waals surface area (Å²) in [4.78, 5) is 22.9. The topological polar surface area (TPSA) is 76.7 Å². The van der Waals surface area contributed by atoms with Gasteiger partial charge in [0.1, 0.15) is 0 Å². The first kappa shape index (κ1) is 20.0. The van der Waals surface area contributed by atoms with Gasteiger partial charge in [0.2, 0.25) is 5.91 Å². The molecule has 134 valence electrons. The zero-order chi connectivity index (χ0) is 18.0. The fraction of sp³-hybridized carbons (Fsp3) is 0.556. The molecule has 0 atom stereocenters. The molecule has 6 nitrogen and oxygen atoms in total. The third-order valence-corrected chi connectivity index (χ3v) is 3.05. The van der Waals surface area contributed by atoms with Gasteiger partial charge in [-0.3, -0.25) is 4.79 Å². The molecule has 0 spiro atoms. The number of nitrogens with one attached hydrogen (secondary N) is 2. The second kappa shape index (κ2) is 9.93. The average Bonchev–Trinajstić information content (AvgIpc) is 2.51. The van der Waals surface area contributed by atoms with E-state index < -0.39 is 6.09 Å². The van der Waals surface area contributed by atoms with Gasteiger partial charge in [0, 0.05) is 19.5 Å². The number of benzene rings is 1. The van der Waals surface area contributed by atoms with E-state index in [4.69, 9.17) is 9.47 Å². The highest BCUT2D eigenvalue weighted by Crippen LogP contribution is 2.13. The predicted octanol–water partition coefficient (Wildman–Crippen LogP) is 2.75. The van der Waals surface area contributed by atoms with Crippen molar-refractivity contribution in [2.24, 2.45) is 0 Å². The first-order valence-corrected chi connectivity index (χ1v) is 8.19. The van der Waals surface area contributed by atoms with E-state index in [1.165, 1.54) is 0 Å². The van der Waals surface area contributed by atoms with Crippen molar-refractivity contribution >= 4 is 12.0 Å². The Labute approximate surface area is 143 Å². The minimum atomic E-state index is -0.503. The molecule has 1 aromatic carbocycles. The van der Waals surface area contributed by atoms with Gasteiger partial charge in [-0.25, -0.2) is 4.79 Å². The summed E-state index contributed by atoms with van der Waals surface area (Å²) in [5.74, 6) is -0.122. The van der Waals surface area contributed by atoms with Gasteiger partial charge >= 0.3 is 6.09 Å². The van der Waals surface area contributed by atoms with Gasteiger partial charge in [0.15, 0.2) is 0 Å². The van der Waals surface area contributed by atoms with Crippen LogP contribution in [0.2, 0.25) is 0 Å². The second-order valence-electron chi connectivity index (χ2n) is 6.39. The minimum Gasteiger partial charge on any atom is -0.450 e. The molecule has 0 saturated heterocycles. The summed E-state index contributed by atoms with van der Waals surface area (Å²) in [7, 11) is 0. The minimum absolute atomic E-state index is 0.122. The lowest BCUT2D eigenvalue weighted by molar-refractivity contribution is -0.121. The molecule has 0 saturated carbocycles. The van der Waals surface area contributed by atoms with Crippen molar-refractivity contribution in [2.45, 2.75) is 52.9 Å². The molecule has 2 N–H and O–H groups in total. The first-order chi connectivity index (χ1) is 11.3. The van der Waals surface area contributed by atoms with Gasteiger partial charge in [-0.15, -0.1) is 0 Å². The largest absolute Gasteiger partial charge is 0.450 e. The highest BCUT2D eigenvalue weighted by Gasteiger charge is 2.10. The zero-order valence-corrected chi connectivity index (χ0v) is 15.0. The van der Waals surface area contributed by atoms with Crippen LogP contribution < -0.4 is 10.6 Å². The zero-order valence-electron chi connectivity index (χ0n) is 15.0. The molecule has 0 aliphatic carbocycles. The molecule has 0 heterocycles. The standard InChI is InChI=1S/C18H28N2O4/c1-5-23-17(22)19-10-9-16(21)20-12-14-7-6-8-15(11-14)13-24-18(2,3)4/h6-8,11H,5,9-10,12-13H2,1-4H3,(H,19,22)(H,20,21). The van der Waals surface area contributed by atoms with Crippen LogP contribution in [-0.4, -0.2) is 30.8 Å². The van der Waals surface area contributed by atoms with Crippen molar-refractivity contribution in [3.63, 3.8) is 0 Å². The second-order valence-corrected chi connectivity index (χ2v) is 6.39. The summed E-state index contributed by atoms with van der Waals surface area (Å²) in [5, 5.41) is 5.35. The van der Waals surface area contributed by atoms with Crippen LogP contribution in [0.5, 0.6) is 0 Å². The van der Waals surface area contributed by atoms with E-state index in [-0.39, 0.29) is 24.5 Å². The molecular weight excluding hydrogens is 308 g/mol. The van der Waals surface area contributed by atoms with Crippen molar-refractivity contribution in [1.82, 2.24) is 10.6 Å². The summed E-state index contributed by atoms with van der Waals surface area (Å²) in [6.45, 7) is 9.32. The smallest absolute Gasteiger partial charge is 0.407 e. The third-order valence-electron chi connectivity index (χ3n) is 3.05. The Morgan fingerprint density at radius 1 is 1.12 bits per heavy atom. The van der Waals surface area contributed by atoms with Gasteiger partial charge in [0.05, 0.1) is 18.8 Å². The normalized spacial score (nSPS) is 11.0. The van der Waals surface area contributed by atoms with E-state index in [0.29, 0.717) is 19.8 Å². The van der Waals surface area contributed by atoms with Crippen LogP contribution >= 0.6 is 0 Å². The van der Waals surface area contributed by atoms with Gasteiger partial charge in [-0.05, 0) is 38.8 Å². The number of hydrogen-bond donors (Lipinski definition) is 2. The third kappa shape index (κ3) is 9.15. The molecule has 1 rings (SSSR count). The van der Waals surface area contributed by atoms with Crippen LogP contribution in [0.3, 0.4) is 0 Å². The number of amides is 2. The predicted molar refractivity (Wildman–Crippen MR) is 92.5 cm³/mol. The number of ether oxygens (including phenoxy) is 2. The van der Waals surface area contributed by atoms with Crippen molar-refractivity contribution < 1.29 is 19.1 Å². The van der Waals surface area contributed by atoms with Crippen molar-refractivity contribution in [1.29, 1.82) is 0 Å². The van der Waals surface area contributed by atoms with E-state index in [1.54, 1.807) is 6.92 Å². The Bertz CT molecular complexity index is 538. The van der Waals surface area contributed by atoms with Crippen molar-refractivity contribution in [3.05, 3.63) is 35.4 Å². The molecule has 1 aromatic rings. The van der Waals surface area contributed by atoms with Crippen LogP contribution in [-0.2, 0) is 27.4 Å². The van der Waals surface area contributed by atoms with Gasteiger partial charge in [0.25, 0.3) is 0 Å². The number of alkyl carbamates (subject to hydrolysis) is 1. The summed E-state index contributed by atoms with van der Waals surface area (Å²) >= 11 is 0. The fourth-order valence-electron chi connectivity index (χ4n) is 1.88. The Hall–Kier alpha value is -2.08. The summed E-state index contributed by atoms with van der Waals surface area (Å²) < 4.78 is 10.5. The molecule has 0 aliphatic rings. The maximum atomic E-state index is 11.8. The van der Waals surface area contributed by atoms with E-state index in [2.05, 4.69) is 10.6 Å². The summed E-state index contributed by atoms with van der Waals surface area (Å²) in [6.07, 6.45) is -0.289. The molecule has 0 unspecified atom stereocenters. The van der Waals surface area contributed by atoms with Crippen LogP contribution in [0, 0.1) is 0 Å². The molecule has 0 bridgehead atoms. The van der Waals surface area contributed by atoms with Crippen LogP contribution in [0.15, 0.2) is 24.3 Å². The van der Waals surface area contributed by atoms with Crippen LogP contribution in [0.4, 0.5) is 4.79 Å². The Kier molecular flexibility index (Phi) is 8.26. The molecule has 0 radical (unpaired) electrons. The average molecular weight is 336 g/mol. The molecule has 0 fully saturated rings. The van der Waals surface area contributed by atoms with Crippen LogP contribution in [0.1, 0.15) is 45.2 Å². The molecule has 0 aromatic heterocycles. The molecule has 0 aliphatic heterocycles. The van der Waals surface area contributed by atoms with E-state index >= 15 is 0 Å². The SMILES string of the molecule is CCOC(=O)NCCC(=O)NCc1cccc(COC(C)(C)C)c1. The number of hydrogen-bond acceptors (Lipinski definition) is 4. The molecule has 2 amide bonds. The quantitative estimate of drug-likeness (QED) is 0.765. The van der Waals surface area contributed by atoms with Crippen molar-refractivity contribution in [3.8, 4) is 0 Å². The lowest BCUT2D eigenvalue weighted by atomic mass is 10.1. The van der Waals surface area contributed by atoms with E-state index in [1.807, 2.05) is 45.0 Å². The first-order valence-electron chi connectivity index (χ1n) is 8.19. The van der Waals surface area contributed by atoms with Gasteiger partial charge in [-0.2, -0.15) is 0 Å².